The summed E-state index contributed by atoms with van der Waals surface area (Å²) in [7, 11) is 0. The lowest BCUT2D eigenvalue weighted by Crippen LogP contribution is -2.20. The summed E-state index contributed by atoms with van der Waals surface area (Å²) in [6.07, 6.45) is 3.40. The second-order valence-electron chi connectivity index (χ2n) is 6.33. The largest absolute Gasteiger partial charge is 0.347 e. The number of fused-ring (bicyclic) bond motifs is 1. The molecule has 0 unspecified atom stereocenters. The Labute approximate surface area is 159 Å². The standard InChI is InChI=1S/C19H17ClN6O/c1-10(14-8-12-7-13(20)3-4-16(12)24-18(14)27)23-19-21-6-5-17(25-19)15-9-22-26-11(15)2/h3-10H,1-2H3,(H,22,26)(H,24,27)(H,21,23,25)/t10-/m0/s1. The Morgan fingerprint density at radius 1 is 1.22 bits per heavy atom. The van der Waals surface area contributed by atoms with Crippen LogP contribution in [0.15, 0.2) is 47.5 Å². The van der Waals surface area contributed by atoms with Crippen LogP contribution in [0.2, 0.25) is 5.02 Å². The van der Waals surface area contributed by atoms with Crippen molar-refractivity contribution >= 4 is 28.5 Å². The van der Waals surface area contributed by atoms with Gasteiger partial charge in [-0.2, -0.15) is 5.10 Å². The second kappa shape index (κ2) is 6.85. The predicted molar refractivity (Wildman–Crippen MR) is 106 cm³/mol. The van der Waals surface area contributed by atoms with Gasteiger partial charge in [0.2, 0.25) is 5.95 Å². The van der Waals surface area contributed by atoms with Crippen LogP contribution >= 0.6 is 11.6 Å². The molecule has 1 aromatic carbocycles. The SMILES string of the molecule is Cc1[nH]ncc1-c1ccnc(N[C@@H](C)c2cc3cc(Cl)ccc3[nH]c2=O)n1. The van der Waals surface area contributed by atoms with E-state index >= 15 is 0 Å². The molecule has 0 saturated carbocycles. The lowest BCUT2D eigenvalue weighted by molar-refractivity contribution is 0.845. The molecule has 0 saturated heterocycles. The summed E-state index contributed by atoms with van der Waals surface area (Å²) >= 11 is 6.06. The van der Waals surface area contributed by atoms with E-state index in [1.807, 2.05) is 32.0 Å². The minimum Gasteiger partial charge on any atom is -0.347 e. The maximum atomic E-state index is 12.5. The van der Waals surface area contributed by atoms with Crippen LogP contribution in [0.25, 0.3) is 22.2 Å². The maximum absolute atomic E-state index is 12.5. The molecule has 0 amide bonds. The van der Waals surface area contributed by atoms with E-state index in [9.17, 15) is 4.79 Å². The predicted octanol–water partition coefficient (Wildman–Crippen LogP) is 3.84. The van der Waals surface area contributed by atoms with E-state index in [4.69, 9.17) is 11.6 Å². The smallest absolute Gasteiger partial charge is 0.253 e. The van der Waals surface area contributed by atoms with Crippen molar-refractivity contribution in [3.8, 4) is 11.3 Å². The van der Waals surface area contributed by atoms with Crippen molar-refractivity contribution in [3.05, 3.63) is 69.4 Å². The Balaban J connectivity index is 1.65. The molecule has 27 heavy (non-hydrogen) atoms. The number of hydrogen-bond donors (Lipinski definition) is 3. The number of aromatic amines is 2. The molecule has 3 heterocycles. The number of halogens is 1. The highest BCUT2D eigenvalue weighted by Gasteiger charge is 2.14. The van der Waals surface area contributed by atoms with Crippen LogP contribution in [0.5, 0.6) is 0 Å². The van der Waals surface area contributed by atoms with E-state index in [2.05, 4.69) is 30.5 Å². The van der Waals surface area contributed by atoms with Crippen molar-refractivity contribution in [2.45, 2.75) is 19.9 Å². The van der Waals surface area contributed by atoms with Gasteiger partial charge >= 0.3 is 0 Å². The van der Waals surface area contributed by atoms with Gasteiger partial charge in [-0.3, -0.25) is 9.89 Å². The molecule has 0 aliphatic carbocycles. The normalized spacial score (nSPS) is 12.3. The number of benzene rings is 1. The molecule has 4 aromatic rings. The van der Waals surface area contributed by atoms with Gasteiger partial charge in [0.1, 0.15) is 0 Å². The Morgan fingerprint density at radius 3 is 2.85 bits per heavy atom. The fourth-order valence-corrected chi connectivity index (χ4v) is 3.16. The average molecular weight is 381 g/mol. The molecule has 0 spiro atoms. The zero-order valence-corrected chi connectivity index (χ0v) is 15.5. The molecular formula is C19H17ClN6O. The van der Waals surface area contributed by atoms with Gasteiger partial charge in [0, 0.05) is 38.9 Å². The highest BCUT2D eigenvalue weighted by Crippen LogP contribution is 2.23. The van der Waals surface area contributed by atoms with Gasteiger partial charge in [0.05, 0.1) is 17.9 Å². The van der Waals surface area contributed by atoms with Crippen LogP contribution in [-0.4, -0.2) is 25.1 Å². The number of nitrogens with zero attached hydrogens (tertiary/aromatic N) is 3. The monoisotopic (exact) mass is 380 g/mol. The molecule has 7 nitrogen and oxygen atoms in total. The Morgan fingerprint density at radius 2 is 2.07 bits per heavy atom. The fourth-order valence-electron chi connectivity index (χ4n) is 2.97. The first-order valence-corrected chi connectivity index (χ1v) is 8.81. The number of aryl methyl sites for hydroxylation is 1. The van der Waals surface area contributed by atoms with E-state index < -0.39 is 0 Å². The number of pyridine rings is 1. The third kappa shape index (κ3) is 3.41. The van der Waals surface area contributed by atoms with E-state index in [-0.39, 0.29) is 11.6 Å². The molecule has 3 N–H and O–H groups in total. The Hall–Kier alpha value is -3.19. The number of nitrogens with one attached hydrogen (secondary N) is 3. The van der Waals surface area contributed by atoms with Crippen LogP contribution in [0.1, 0.15) is 24.2 Å². The summed E-state index contributed by atoms with van der Waals surface area (Å²) in [5, 5.41) is 11.6. The van der Waals surface area contributed by atoms with Gasteiger partial charge in [0.15, 0.2) is 0 Å². The maximum Gasteiger partial charge on any atom is 0.253 e. The third-order valence-electron chi connectivity index (χ3n) is 4.41. The zero-order chi connectivity index (χ0) is 19.0. The minimum atomic E-state index is -0.294. The number of anilines is 1. The molecular weight excluding hydrogens is 364 g/mol. The summed E-state index contributed by atoms with van der Waals surface area (Å²) in [4.78, 5) is 24.1. The van der Waals surface area contributed by atoms with E-state index in [1.54, 1.807) is 24.5 Å². The molecule has 0 radical (unpaired) electrons. The van der Waals surface area contributed by atoms with Crippen molar-refractivity contribution in [1.82, 2.24) is 25.1 Å². The summed E-state index contributed by atoms with van der Waals surface area (Å²) in [6.45, 7) is 3.82. The molecule has 0 fully saturated rings. The highest BCUT2D eigenvalue weighted by molar-refractivity contribution is 6.31. The number of H-pyrrole nitrogens is 2. The summed E-state index contributed by atoms with van der Waals surface area (Å²) in [5.74, 6) is 0.436. The van der Waals surface area contributed by atoms with Crippen LogP contribution in [-0.2, 0) is 0 Å². The molecule has 1 atom stereocenters. The van der Waals surface area contributed by atoms with Gasteiger partial charge < -0.3 is 10.3 Å². The van der Waals surface area contributed by atoms with Gasteiger partial charge in [0.25, 0.3) is 5.56 Å². The van der Waals surface area contributed by atoms with Crippen molar-refractivity contribution in [2.24, 2.45) is 0 Å². The quantitative estimate of drug-likeness (QED) is 0.499. The number of hydrogen-bond acceptors (Lipinski definition) is 5. The number of rotatable bonds is 4. The molecule has 3 aromatic heterocycles. The van der Waals surface area contributed by atoms with Crippen molar-refractivity contribution < 1.29 is 0 Å². The van der Waals surface area contributed by atoms with E-state index in [0.29, 0.717) is 16.5 Å². The van der Waals surface area contributed by atoms with Gasteiger partial charge in [-0.25, -0.2) is 9.97 Å². The number of aromatic nitrogens is 5. The van der Waals surface area contributed by atoms with Crippen molar-refractivity contribution in [1.29, 1.82) is 0 Å². The third-order valence-corrected chi connectivity index (χ3v) is 4.64. The summed E-state index contributed by atoms with van der Waals surface area (Å²) in [6, 6.07) is 8.72. The molecule has 0 aliphatic heterocycles. The summed E-state index contributed by atoms with van der Waals surface area (Å²) in [5.41, 5.74) is 3.76. The van der Waals surface area contributed by atoms with E-state index in [0.717, 1.165) is 27.9 Å². The molecule has 4 rings (SSSR count). The van der Waals surface area contributed by atoms with Gasteiger partial charge in [-0.1, -0.05) is 11.6 Å². The molecule has 0 aliphatic rings. The first-order valence-electron chi connectivity index (χ1n) is 8.43. The fraction of sp³-hybridized carbons (Fsp3) is 0.158. The van der Waals surface area contributed by atoms with Crippen LogP contribution < -0.4 is 10.9 Å². The Kier molecular flexibility index (Phi) is 4.37. The molecule has 136 valence electrons. The minimum absolute atomic E-state index is 0.161. The van der Waals surface area contributed by atoms with Crippen molar-refractivity contribution in [2.75, 3.05) is 5.32 Å². The van der Waals surface area contributed by atoms with Crippen molar-refractivity contribution in [3.63, 3.8) is 0 Å². The summed E-state index contributed by atoms with van der Waals surface area (Å²) < 4.78 is 0. The first kappa shape index (κ1) is 17.2. The first-order chi connectivity index (χ1) is 13.0. The average Bonchev–Trinajstić information content (AvgIpc) is 3.07. The van der Waals surface area contributed by atoms with Crippen LogP contribution in [0.4, 0.5) is 5.95 Å². The van der Waals surface area contributed by atoms with E-state index in [1.165, 1.54) is 0 Å². The topological polar surface area (TPSA) is 99.4 Å². The van der Waals surface area contributed by atoms with Gasteiger partial charge in [-0.05, 0) is 44.2 Å². The lowest BCUT2D eigenvalue weighted by atomic mass is 10.1. The zero-order valence-electron chi connectivity index (χ0n) is 14.7. The molecule has 0 bridgehead atoms. The van der Waals surface area contributed by atoms with Gasteiger partial charge in [-0.15, -0.1) is 0 Å². The lowest BCUT2D eigenvalue weighted by Gasteiger charge is -2.14. The Bertz CT molecular complexity index is 1180. The van der Waals surface area contributed by atoms with Crippen LogP contribution in [0, 0.1) is 6.92 Å². The van der Waals surface area contributed by atoms with Crippen LogP contribution in [0.3, 0.4) is 0 Å². The molecule has 8 heteroatoms. The second-order valence-corrected chi connectivity index (χ2v) is 6.76. The highest BCUT2D eigenvalue weighted by atomic mass is 35.5.